The van der Waals surface area contributed by atoms with Gasteiger partial charge in [0.25, 0.3) is 0 Å². The van der Waals surface area contributed by atoms with Gasteiger partial charge in [-0.25, -0.2) is 0 Å². The van der Waals surface area contributed by atoms with Crippen molar-refractivity contribution in [2.24, 2.45) is 0 Å². The first-order valence-corrected chi connectivity index (χ1v) is 2.48. The molecule has 0 aromatic heterocycles. The Labute approximate surface area is 41.1 Å². The van der Waals surface area contributed by atoms with Gasteiger partial charge in [0.2, 0.25) is 0 Å². The van der Waals surface area contributed by atoms with Crippen molar-refractivity contribution in [2.75, 3.05) is 0 Å². The van der Waals surface area contributed by atoms with Crippen LogP contribution in [0.5, 0.6) is 0 Å². The van der Waals surface area contributed by atoms with E-state index < -0.39 is 0 Å². The van der Waals surface area contributed by atoms with Gasteiger partial charge >= 0.3 is 0 Å². The van der Waals surface area contributed by atoms with Gasteiger partial charge in [-0.1, -0.05) is 24.0 Å². The molecule has 1 heteroatoms. The van der Waals surface area contributed by atoms with Gasteiger partial charge in [-0.05, 0) is 6.92 Å². The summed E-state index contributed by atoms with van der Waals surface area (Å²) < 4.78 is 0. The molecule has 0 fully saturated rings. The molecule has 1 atom stereocenters. The summed E-state index contributed by atoms with van der Waals surface area (Å²) in [5.74, 6) is 1.89. The zero-order chi connectivity index (χ0) is 4.99. The van der Waals surface area contributed by atoms with E-state index in [-0.39, 0.29) is 0 Å². The van der Waals surface area contributed by atoms with Gasteiger partial charge in [-0.15, -0.1) is 9.24 Å². The van der Waals surface area contributed by atoms with Crippen LogP contribution in [-0.4, -0.2) is 0 Å². The minimum Gasteiger partial charge on any atom is -0.114 e. The van der Waals surface area contributed by atoms with Gasteiger partial charge in [0.15, 0.2) is 0 Å². The van der Waals surface area contributed by atoms with Crippen LogP contribution >= 0.6 is 9.24 Å². The summed E-state index contributed by atoms with van der Waals surface area (Å²) in [6.45, 7) is 5.60. The quantitative estimate of drug-likeness (QED) is 0.349. The standard InChI is InChI=1S/C5H9P/c1-5(2)3-4-6/h3-4H,1,6H2,2H3. The molecule has 0 saturated carbocycles. The zero-order valence-electron chi connectivity index (χ0n) is 3.94. The fourth-order valence-electron chi connectivity index (χ4n) is 0.164. The predicted octanol–water partition coefficient (Wildman–Crippen LogP) is 1.95. The molecule has 0 nitrogen and oxygen atoms in total. The van der Waals surface area contributed by atoms with Crippen molar-refractivity contribution in [1.29, 1.82) is 0 Å². The Morgan fingerprint density at radius 3 is 2.33 bits per heavy atom. The average molecular weight is 100 g/mol. The molecule has 0 amide bonds. The molecule has 0 aliphatic rings. The highest BCUT2D eigenvalue weighted by molar-refractivity contribution is 7.20. The largest absolute Gasteiger partial charge is 0.114 e. The van der Waals surface area contributed by atoms with Gasteiger partial charge in [0.05, 0.1) is 0 Å². The first kappa shape index (κ1) is 5.91. The van der Waals surface area contributed by atoms with Crippen LogP contribution in [0, 0.1) is 0 Å². The predicted molar refractivity (Wildman–Crippen MR) is 33.7 cm³/mol. The second kappa shape index (κ2) is 3.11. The lowest BCUT2D eigenvalue weighted by molar-refractivity contribution is 1.57. The molecule has 0 spiro atoms. The van der Waals surface area contributed by atoms with Crippen molar-refractivity contribution in [1.82, 2.24) is 0 Å². The molecule has 0 aliphatic heterocycles. The van der Waals surface area contributed by atoms with Gasteiger partial charge in [0, 0.05) is 0 Å². The Morgan fingerprint density at radius 2 is 2.33 bits per heavy atom. The van der Waals surface area contributed by atoms with Crippen LogP contribution in [0.1, 0.15) is 6.92 Å². The Hall–Kier alpha value is -0.0900. The number of rotatable bonds is 1. The van der Waals surface area contributed by atoms with E-state index in [0.29, 0.717) is 0 Å². The molecule has 0 radical (unpaired) electrons. The molecule has 34 valence electrons. The van der Waals surface area contributed by atoms with E-state index in [1.54, 1.807) is 0 Å². The van der Waals surface area contributed by atoms with Gasteiger partial charge in [0.1, 0.15) is 0 Å². The highest BCUT2D eigenvalue weighted by Crippen LogP contribution is 1.91. The van der Waals surface area contributed by atoms with Crippen molar-refractivity contribution in [3.05, 3.63) is 24.0 Å². The van der Waals surface area contributed by atoms with Crippen LogP contribution < -0.4 is 0 Å². The minimum atomic E-state index is 1.09. The minimum absolute atomic E-state index is 1.09. The third-order valence-corrected chi connectivity index (χ3v) is 0.573. The van der Waals surface area contributed by atoms with Crippen molar-refractivity contribution in [2.45, 2.75) is 6.92 Å². The van der Waals surface area contributed by atoms with E-state index in [4.69, 9.17) is 0 Å². The van der Waals surface area contributed by atoms with Crippen molar-refractivity contribution < 1.29 is 0 Å². The molecule has 0 aliphatic carbocycles. The molecule has 0 saturated heterocycles. The summed E-state index contributed by atoms with van der Waals surface area (Å²) in [7, 11) is 2.48. The molecule has 0 aromatic carbocycles. The van der Waals surface area contributed by atoms with Crippen LogP contribution in [0.4, 0.5) is 0 Å². The van der Waals surface area contributed by atoms with E-state index in [1.165, 1.54) is 0 Å². The number of hydrogen-bond donors (Lipinski definition) is 0. The second-order valence-electron chi connectivity index (χ2n) is 1.21. The molecule has 0 aromatic rings. The smallest absolute Gasteiger partial charge is 0.0404 e. The van der Waals surface area contributed by atoms with Crippen molar-refractivity contribution in [3.63, 3.8) is 0 Å². The maximum Gasteiger partial charge on any atom is -0.0404 e. The monoisotopic (exact) mass is 100 g/mol. The lowest BCUT2D eigenvalue weighted by Crippen LogP contribution is -1.52. The summed E-state index contributed by atoms with van der Waals surface area (Å²) in [4.78, 5) is 0. The van der Waals surface area contributed by atoms with E-state index in [2.05, 4.69) is 15.8 Å². The Balaban J connectivity index is 3.30. The zero-order valence-corrected chi connectivity index (χ0v) is 5.09. The fraction of sp³-hybridized carbons (Fsp3) is 0.200. The SMILES string of the molecule is C=C(C)C=CP. The van der Waals surface area contributed by atoms with Crippen LogP contribution in [0.2, 0.25) is 0 Å². The Morgan fingerprint density at radius 1 is 1.83 bits per heavy atom. The summed E-state index contributed by atoms with van der Waals surface area (Å²) in [5.41, 5.74) is 1.09. The van der Waals surface area contributed by atoms with Crippen LogP contribution in [0.25, 0.3) is 0 Å². The van der Waals surface area contributed by atoms with Gasteiger partial charge in [-0.2, -0.15) is 0 Å². The highest BCUT2D eigenvalue weighted by Gasteiger charge is 1.63. The van der Waals surface area contributed by atoms with Crippen molar-refractivity contribution >= 4 is 9.24 Å². The topological polar surface area (TPSA) is 0 Å². The summed E-state index contributed by atoms with van der Waals surface area (Å²) in [6, 6.07) is 0. The molecule has 6 heavy (non-hydrogen) atoms. The first-order chi connectivity index (χ1) is 2.77. The Bertz CT molecular complexity index is 72.0. The average Bonchev–Trinajstić information content (AvgIpc) is 1.35. The molecule has 0 N–H and O–H groups in total. The molecular weight excluding hydrogens is 91.0 g/mol. The van der Waals surface area contributed by atoms with Crippen molar-refractivity contribution in [3.8, 4) is 0 Å². The first-order valence-electron chi connectivity index (χ1n) is 1.81. The van der Waals surface area contributed by atoms with E-state index in [9.17, 15) is 0 Å². The lowest BCUT2D eigenvalue weighted by Gasteiger charge is -1.75. The molecule has 0 bridgehead atoms. The second-order valence-corrected chi connectivity index (χ2v) is 1.59. The molecular formula is C5H9P. The summed E-state index contributed by atoms with van der Waals surface area (Å²) in [6.07, 6.45) is 1.94. The van der Waals surface area contributed by atoms with Crippen LogP contribution in [0.3, 0.4) is 0 Å². The third-order valence-electron chi connectivity index (χ3n) is 0.381. The maximum atomic E-state index is 3.64. The van der Waals surface area contributed by atoms with Gasteiger partial charge < -0.3 is 0 Å². The van der Waals surface area contributed by atoms with Gasteiger partial charge in [-0.3, -0.25) is 0 Å². The number of allylic oxidation sites excluding steroid dienone is 2. The Kier molecular flexibility index (Phi) is 3.07. The normalized spacial score (nSPS) is 9.67. The summed E-state index contributed by atoms with van der Waals surface area (Å²) >= 11 is 0. The maximum absolute atomic E-state index is 3.64. The van der Waals surface area contributed by atoms with E-state index >= 15 is 0 Å². The van der Waals surface area contributed by atoms with Crippen LogP contribution in [-0.2, 0) is 0 Å². The fourth-order valence-corrected chi connectivity index (χ4v) is 0.493. The van der Waals surface area contributed by atoms with E-state index in [0.717, 1.165) is 5.57 Å². The molecule has 0 heterocycles. The summed E-state index contributed by atoms with van der Waals surface area (Å²) in [5, 5.41) is 0. The third kappa shape index (κ3) is 3.91. The number of hydrogen-bond acceptors (Lipinski definition) is 0. The lowest BCUT2D eigenvalue weighted by atomic mass is 10.4. The van der Waals surface area contributed by atoms with Crippen LogP contribution in [0.15, 0.2) is 24.0 Å². The van der Waals surface area contributed by atoms with E-state index in [1.807, 2.05) is 18.8 Å². The highest BCUT2D eigenvalue weighted by atomic mass is 31.0. The molecule has 0 rings (SSSR count). The molecule has 1 unspecified atom stereocenters.